The van der Waals surface area contributed by atoms with Gasteiger partial charge in [0.05, 0.1) is 17.1 Å². The number of rotatable bonds is 7. The Morgan fingerprint density at radius 2 is 1.97 bits per heavy atom. The van der Waals surface area contributed by atoms with Gasteiger partial charge in [-0.15, -0.1) is 16.8 Å². The number of ether oxygens (including phenoxy) is 1. The van der Waals surface area contributed by atoms with Crippen LogP contribution in [-0.2, 0) is 14.8 Å². The van der Waals surface area contributed by atoms with E-state index in [1.807, 2.05) is 0 Å². The monoisotopic (exact) mass is 474 g/mol. The Morgan fingerprint density at radius 3 is 2.74 bits per heavy atom. The van der Waals surface area contributed by atoms with Crippen LogP contribution in [0.4, 0.5) is 10.8 Å². The Balaban J connectivity index is 1.58. The Morgan fingerprint density at radius 1 is 1.23 bits per heavy atom. The van der Waals surface area contributed by atoms with E-state index in [9.17, 15) is 13.2 Å². The highest BCUT2D eigenvalue weighted by molar-refractivity contribution is 8.01. The topological polar surface area (TPSA) is 101 Å². The number of hydrogen-bond donors (Lipinski definition) is 1. The molecule has 2 heterocycles. The van der Waals surface area contributed by atoms with Gasteiger partial charge in [0.15, 0.2) is 10.4 Å². The van der Waals surface area contributed by atoms with Gasteiger partial charge in [0.25, 0.3) is 15.9 Å². The molecule has 0 bridgehead atoms. The average molecular weight is 475 g/mol. The van der Waals surface area contributed by atoms with E-state index in [2.05, 4.69) is 22.1 Å². The molecule has 0 aliphatic carbocycles. The number of sulfonamides is 1. The van der Waals surface area contributed by atoms with Crippen molar-refractivity contribution in [3.05, 3.63) is 67.3 Å². The molecule has 1 amide bonds. The number of carbonyl (C=O) groups is 1. The number of nitrogens with one attached hydrogen (secondary N) is 1. The highest BCUT2D eigenvalue weighted by atomic mass is 32.2. The highest BCUT2D eigenvalue weighted by Gasteiger charge is 2.37. The van der Waals surface area contributed by atoms with Gasteiger partial charge in [-0.2, -0.15) is 0 Å². The second-order valence-corrected chi connectivity index (χ2v) is 10.5. The van der Waals surface area contributed by atoms with E-state index in [1.54, 1.807) is 48.5 Å². The zero-order valence-electron chi connectivity index (χ0n) is 16.2. The molecule has 0 saturated heterocycles. The third kappa shape index (κ3) is 4.58. The van der Waals surface area contributed by atoms with Crippen molar-refractivity contribution in [2.75, 3.05) is 21.9 Å². The third-order valence-electron chi connectivity index (χ3n) is 4.32. The van der Waals surface area contributed by atoms with E-state index >= 15 is 0 Å². The maximum absolute atomic E-state index is 13.3. The fraction of sp³-hybridized carbons (Fsp3) is 0.150. The summed E-state index contributed by atoms with van der Waals surface area (Å²) in [5.41, 5.74) is 0.384. The second kappa shape index (κ2) is 9.08. The molecule has 4 rings (SSSR count). The molecule has 1 atom stereocenters. The number of aromatic nitrogens is 2. The standard InChI is InChI=1S/C20H18N4O4S3/c1-2-12-29-20-23-22-19(30-20)21-18(25)17-13-24(15-10-6-7-11-16(15)28-17)31(26,27)14-8-4-3-5-9-14/h2-11,17H,1,12-13H2,(H,21,22,25)/t17-/m1/s1. The molecule has 2 aromatic carbocycles. The van der Waals surface area contributed by atoms with Gasteiger partial charge < -0.3 is 4.74 Å². The Hall–Kier alpha value is -2.89. The van der Waals surface area contributed by atoms with Crippen LogP contribution in [0.2, 0.25) is 0 Å². The maximum atomic E-state index is 13.3. The number of fused-ring (bicyclic) bond motifs is 1. The minimum Gasteiger partial charge on any atom is -0.476 e. The first-order valence-corrected chi connectivity index (χ1v) is 12.4. The molecule has 3 aromatic rings. The molecule has 0 radical (unpaired) electrons. The van der Waals surface area contributed by atoms with Crippen molar-refractivity contribution in [3.8, 4) is 5.75 Å². The van der Waals surface area contributed by atoms with Crippen LogP contribution in [0.25, 0.3) is 0 Å². The second-order valence-electron chi connectivity index (χ2n) is 6.39. The van der Waals surface area contributed by atoms with E-state index in [4.69, 9.17) is 4.74 Å². The van der Waals surface area contributed by atoms with Crippen LogP contribution in [0.15, 0.2) is 76.5 Å². The minimum atomic E-state index is -3.89. The smallest absolute Gasteiger partial charge is 0.269 e. The van der Waals surface area contributed by atoms with Gasteiger partial charge in [-0.3, -0.25) is 14.4 Å². The molecule has 1 N–H and O–H groups in total. The molecule has 0 fully saturated rings. The number of hydrogen-bond acceptors (Lipinski definition) is 8. The predicted molar refractivity (Wildman–Crippen MR) is 121 cm³/mol. The molecular weight excluding hydrogens is 456 g/mol. The third-order valence-corrected chi connectivity index (χ3v) is 8.08. The lowest BCUT2D eigenvalue weighted by atomic mass is 10.2. The number of nitrogens with zero attached hydrogens (tertiary/aromatic N) is 3. The van der Waals surface area contributed by atoms with Crippen LogP contribution in [0.5, 0.6) is 5.75 Å². The molecule has 11 heteroatoms. The number of para-hydroxylation sites is 2. The van der Waals surface area contributed by atoms with Gasteiger partial charge in [0.1, 0.15) is 5.75 Å². The summed E-state index contributed by atoms with van der Waals surface area (Å²) in [4.78, 5) is 13.0. The molecule has 1 aromatic heterocycles. The maximum Gasteiger partial charge on any atom is 0.269 e. The van der Waals surface area contributed by atoms with Gasteiger partial charge in [-0.25, -0.2) is 8.42 Å². The summed E-state index contributed by atoms with van der Waals surface area (Å²) in [5.74, 6) is 0.490. The molecule has 0 saturated carbocycles. The van der Waals surface area contributed by atoms with Crippen LogP contribution < -0.4 is 14.4 Å². The molecule has 8 nitrogen and oxygen atoms in total. The van der Waals surface area contributed by atoms with E-state index < -0.39 is 22.0 Å². The van der Waals surface area contributed by atoms with Crippen LogP contribution >= 0.6 is 23.1 Å². The van der Waals surface area contributed by atoms with E-state index in [0.717, 1.165) is 0 Å². The first-order valence-electron chi connectivity index (χ1n) is 9.20. The predicted octanol–water partition coefficient (Wildman–Crippen LogP) is 3.41. The first-order chi connectivity index (χ1) is 15.0. The van der Waals surface area contributed by atoms with Crippen molar-refractivity contribution in [3.63, 3.8) is 0 Å². The van der Waals surface area contributed by atoms with Gasteiger partial charge in [-0.1, -0.05) is 59.5 Å². The number of carbonyl (C=O) groups excluding carboxylic acids is 1. The molecule has 0 spiro atoms. The number of thioether (sulfide) groups is 1. The average Bonchev–Trinajstić information content (AvgIpc) is 3.24. The summed E-state index contributed by atoms with van der Waals surface area (Å²) in [6, 6.07) is 14.8. The van der Waals surface area contributed by atoms with Crippen molar-refractivity contribution in [2.24, 2.45) is 0 Å². The van der Waals surface area contributed by atoms with Crippen LogP contribution in [0.3, 0.4) is 0 Å². The Bertz CT molecular complexity index is 1200. The number of amides is 1. The Labute approximate surface area is 188 Å². The fourth-order valence-corrected chi connectivity index (χ4v) is 5.93. The Kier molecular flexibility index (Phi) is 6.25. The lowest BCUT2D eigenvalue weighted by Crippen LogP contribution is -2.48. The van der Waals surface area contributed by atoms with Crippen molar-refractivity contribution in [1.29, 1.82) is 0 Å². The van der Waals surface area contributed by atoms with Crippen LogP contribution in [-0.4, -0.2) is 42.9 Å². The van der Waals surface area contributed by atoms with Crippen molar-refractivity contribution >= 4 is 49.8 Å². The van der Waals surface area contributed by atoms with Crippen molar-refractivity contribution in [1.82, 2.24) is 10.2 Å². The van der Waals surface area contributed by atoms with E-state index in [1.165, 1.54) is 39.5 Å². The van der Waals surface area contributed by atoms with E-state index in [0.29, 0.717) is 26.7 Å². The molecule has 0 unspecified atom stereocenters. The van der Waals surface area contributed by atoms with Crippen molar-refractivity contribution in [2.45, 2.75) is 15.3 Å². The number of benzene rings is 2. The highest BCUT2D eigenvalue weighted by Crippen LogP contribution is 2.37. The normalized spacial score (nSPS) is 15.6. The fourth-order valence-electron chi connectivity index (χ4n) is 2.92. The molecule has 31 heavy (non-hydrogen) atoms. The summed E-state index contributed by atoms with van der Waals surface area (Å²) in [7, 11) is -3.89. The molecule has 160 valence electrons. The summed E-state index contributed by atoms with van der Waals surface area (Å²) in [5, 5.41) is 10.9. The molecule has 1 aliphatic heterocycles. The summed E-state index contributed by atoms with van der Waals surface area (Å²) >= 11 is 2.68. The lowest BCUT2D eigenvalue weighted by Gasteiger charge is -2.34. The number of anilines is 2. The lowest BCUT2D eigenvalue weighted by molar-refractivity contribution is -0.122. The van der Waals surface area contributed by atoms with Gasteiger partial charge >= 0.3 is 0 Å². The molecular formula is C20H18N4O4S3. The zero-order chi connectivity index (χ0) is 21.8. The van der Waals surface area contributed by atoms with Gasteiger partial charge in [0, 0.05) is 5.75 Å². The van der Waals surface area contributed by atoms with Crippen molar-refractivity contribution < 1.29 is 17.9 Å². The van der Waals surface area contributed by atoms with Gasteiger partial charge in [0.2, 0.25) is 5.13 Å². The van der Waals surface area contributed by atoms with Crippen LogP contribution in [0, 0.1) is 0 Å². The van der Waals surface area contributed by atoms with Gasteiger partial charge in [-0.05, 0) is 24.3 Å². The van der Waals surface area contributed by atoms with Crippen LogP contribution in [0.1, 0.15) is 0 Å². The minimum absolute atomic E-state index is 0.138. The summed E-state index contributed by atoms with van der Waals surface area (Å²) in [6.07, 6.45) is 0.695. The SMILES string of the molecule is C=CCSc1nnc(NC(=O)[C@H]2CN(S(=O)(=O)c3ccccc3)c3ccccc3O2)s1. The summed E-state index contributed by atoms with van der Waals surface area (Å²) in [6.45, 7) is 3.49. The quantitative estimate of drug-likeness (QED) is 0.318. The first kappa shape index (κ1) is 21.3. The summed E-state index contributed by atoms with van der Waals surface area (Å²) < 4.78 is 34.3. The van der Waals surface area contributed by atoms with E-state index in [-0.39, 0.29) is 11.4 Å². The molecule has 1 aliphatic rings. The largest absolute Gasteiger partial charge is 0.476 e. The zero-order valence-corrected chi connectivity index (χ0v) is 18.6.